The van der Waals surface area contributed by atoms with Crippen molar-refractivity contribution in [1.29, 1.82) is 0 Å². The van der Waals surface area contributed by atoms with Gasteiger partial charge in [0.1, 0.15) is 6.10 Å². The number of carbonyl (C=O) groups excluding carboxylic acids is 1. The van der Waals surface area contributed by atoms with E-state index in [1.54, 1.807) is 0 Å². The molecule has 2 fully saturated rings. The summed E-state index contributed by atoms with van der Waals surface area (Å²) >= 11 is 0. The maximum atomic E-state index is 13.0. The van der Waals surface area contributed by atoms with Crippen molar-refractivity contribution in [2.24, 2.45) is 5.92 Å². The molecular weight excluding hydrogens is 314 g/mol. The SMILES string of the molecule is C.C[N+]1(C)CCC(OC(=O)C(O)(c2ccccc2)C2CCCC2)CC1. The van der Waals surface area contributed by atoms with Crippen LogP contribution in [-0.2, 0) is 15.1 Å². The molecule has 25 heavy (non-hydrogen) atoms. The van der Waals surface area contributed by atoms with Gasteiger partial charge in [-0.15, -0.1) is 0 Å². The van der Waals surface area contributed by atoms with Gasteiger partial charge in [0.25, 0.3) is 0 Å². The topological polar surface area (TPSA) is 46.5 Å². The van der Waals surface area contributed by atoms with E-state index in [2.05, 4.69) is 14.1 Å². The molecule has 3 rings (SSSR count). The molecule has 4 heteroatoms. The Bertz CT molecular complexity index is 556. The standard InChI is InChI=1S/C20H30NO3.CH4/c1-21(2)14-12-18(13-15-21)24-19(22)20(23,17-10-6-7-11-17)16-8-4-3-5-9-16;/h3-5,8-9,17-18,23H,6-7,10-15H2,1-2H3;1H4/q+1;. The fourth-order valence-electron chi connectivity index (χ4n) is 4.16. The molecule has 0 bridgehead atoms. The lowest BCUT2D eigenvalue weighted by molar-refractivity contribution is -0.896. The molecular formula is C21H34NO3+. The summed E-state index contributed by atoms with van der Waals surface area (Å²) in [5.74, 6) is -0.485. The van der Waals surface area contributed by atoms with E-state index in [0.717, 1.165) is 56.1 Å². The molecule has 1 N–H and O–H groups in total. The Morgan fingerprint density at radius 3 is 2.20 bits per heavy atom. The third kappa shape index (κ3) is 4.24. The number of esters is 1. The van der Waals surface area contributed by atoms with Crippen LogP contribution in [0.5, 0.6) is 0 Å². The minimum atomic E-state index is -1.50. The second-order valence-corrected chi connectivity index (χ2v) is 8.10. The van der Waals surface area contributed by atoms with Crippen molar-refractivity contribution >= 4 is 5.97 Å². The predicted molar refractivity (Wildman–Crippen MR) is 100.0 cm³/mol. The molecule has 1 aromatic rings. The van der Waals surface area contributed by atoms with Crippen LogP contribution in [0.2, 0.25) is 0 Å². The zero-order valence-electron chi connectivity index (χ0n) is 14.9. The summed E-state index contributed by atoms with van der Waals surface area (Å²) < 4.78 is 6.79. The number of piperidine rings is 1. The first kappa shape index (κ1) is 19.9. The number of rotatable bonds is 4. The maximum Gasteiger partial charge on any atom is 0.343 e. The molecule has 1 aliphatic heterocycles. The van der Waals surface area contributed by atoms with Crippen molar-refractivity contribution in [1.82, 2.24) is 0 Å². The number of quaternary nitrogens is 1. The van der Waals surface area contributed by atoms with Gasteiger partial charge in [-0.1, -0.05) is 50.6 Å². The zero-order chi connectivity index (χ0) is 17.2. The second-order valence-electron chi connectivity index (χ2n) is 8.10. The van der Waals surface area contributed by atoms with Gasteiger partial charge in [0.15, 0.2) is 5.60 Å². The van der Waals surface area contributed by atoms with Crippen molar-refractivity contribution in [3.05, 3.63) is 35.9 Å². The van der Waals surface area contributed by atoms with E-state index in [1.807, 2.05) is 30.3 Å². The number of hydrogen-bond donors (Lipinski definition) is 1. The quantitative estimate of drug-likeness (QED) is 0.669. The van der Waals surface area contributed by atoms with Crippen molar-refractivity contribution < 1.29 is 19.1 Å². The van der Waals surface area contributed by atoms with Gasteiger partial charge < -0.3 is 14.3 Å². The van der Waals surface area contributed by atoms with E-state index in [1.165, 1.54) is 0 Å². The largest absolute Gasteiger partial charge is 0.460 e. The lowest BCUT2D eigenvalue weighted by atomic mass is 9.80. The summed E-state index contributed by atoms with van der Waals surface area (Å²) in [6.45, 7) is 2.01. The van der Waals surface area contributed by atoms with Crippen LogP contribution < -0.4 is 0 Å². The number of aliphatic hydroxyl groups is 1. The van der Waals surface area contributed by atoms with E-state index >= 15 is 0 Å². The third-order valence-corrected chi connectivity index (χ3v) is 5.86. The van der Waals surface area contributed by atoms with E-state index in [0.29, 0.717) is 5.56 Å². The lowest BCUT2D eigenvalue weighted by Gasteiger charge is -2.38. The second kappa shape index (κ2) is 7.88. The normalized spacial score (nSPS) is 23.5. The molecule has 0 amide bonds. The number of nitrogens with zero attached hydrogens (tertiary/aromatic N) is 1. The molecule has 4 nitrogen and oxygen atoms in total. The first-order valence-corrected chi connectivity index (χ1v) is 9.23. The molecule has 0 radical (unpaired) electrons. The highest BCUT2D eigenvalue weighted by Gasteiger charge is 2.48. The molecule has 1 aromatic carbocycles. The summed E-state index contributed by atoms with van der Waals surface area (Å²) in [7, 11) is 4.41. The fourth-order valence-corrected chi connectivity index (χ4v) is 4.16. The van der Waals surface area contributed by atoms with Crippen LogP contribution in [0.3, 0.4) is 0 Å². The maximum absolute atomic E-state index is 13.0. The summed E-state index contributed by atoms with van der Waals surface area (Å²) in [5.41, 5.74) is -0.826. The number of hydrogen-bond acceptors (Lipinski definition) is 3. The first-order valence-electron chi connectivity index (χ1n) is 9.23. The van der Waals surface area contributed by atoms with Gasteiger partial charge in [-0.05, 0) is 18.4 Å². The summed E-state index contributed by atoms with van der Waals surface area (Å²) in [4.78, 5) is 13.0. The Balaban J connectivity index is 0.00000225. The summed E-state index contributed by atoms with van der Waals surface area (Å²) in [5, 5.41) is 11.4. The first-order chi connectivity index (χ1) is 11.4. The van der Waals surface area contributed by atoms with Gasteiger partial charge in [-0.3, -0.25) is 0 Å². The highest BCUT2D eigenvalue weighted by molar-refractivity contribution is 5.81. The van der Waals surface area contributed by atoms with Crippen LogP contribution in [0, 0.1) is 5.92 Å². The number of ether oxygens (including phenoxy) is 1. The molecule has 1 saturated heterocycles. The fraction of sp³-hybridized carbons (Fsp3) is 0.667. The van der Waals surface area contributed by atoms with Gasteiger partial charge in [0.2, 0.25) is 0 Å². The van der Waals surface area contributed by atoms with Crippen molar-refractivity contribution in [3.63, 3.8) is 0 Å². The van der Waals surface area contributed by atoms with Crippen molar-refractivity contribution in [2.45, 2.75) is 57.7 Å². The Kier molecular flexibility index (Phi) is 6.28. The van der Waals surface area contributed by atoms with E-state index < -0.39 is 11.6 Å². The third-order valence-electron chi connectivity index (χ3n) is 5.86. The molecule has 0 spiro atoms. The van der Waals surface area contributed by atoms with Crippen LogP contribution in [0.4, 0.5) is 0 Å². The van der Waals surface area contributed by atoms with Crippen LogP contribution in [0.1, 0.15) is 51.5 Å². The highest BCUT2D eigenvalue weighted by atomic mass is 16.6. The Morgan fingerprint density at radius 1 is 1.08 bits per heavy atom. The summed E-state index contributed by atoms with van der Waals surface area (Å²) in [6, 6.07) is 9.36. The van der Waals surface area contributed by atoms with Crippen LogP contribution in [-0.4, -0.2) is 48.8 Å². The Hall–Kier alpha value is -1.39. The number of benzene rings is 1. The van der Waals surface area contributed by atoms with E-state index in [9.17, 15) is 9.90 Å². The highest BCUT2D eigenvalue weighted by Crippen LogP contribution is 2.42. The summed E-state index contributed by atoms with van der Waals surface area (Å²) in [6.07, 6.45) is 5.58. The van der Waals surface area contributed by atoms with Gasteiger partial charge in [-0.2, -0.15) is 0 Å². The van der Waals surface area contributed by atoms with Gasteiger partial charge in [0, 0.05) is 18.8 Å². The molecule has 1 aliphatic carbocycles. The number of carbonyl (C=O) groups is 1. The van der Waals surface area contributed by atoms with Crippen molar-refractivity contribution in [3.8, 4) is 0 Å². The predicted octanol–water partition coefficient (Wildman–Crippen LogP) is 3.48. The molecule has 1 atom stereocenters. The molecule has 1 unspecified atom stereocenters. The smallest absolute Gasteiger partial charge is 0.343 e. The minimum absolute atomic E-state index is 0. The molecule has 2 aliphatic rings. The minimum Gasteiger partial charge on any atom is -0.460 e. The van der Waals surface area contributed by atoms with Crippen LogP contribution >= 0.6 is 0 Å². The van der Waals surface area contributed by atoms with Crippen LogP contribution in [0.15, 0.2) is 30.3 Å². The van der Waals surface area contributed by atoms with Gasteiger partial charge in [0.05, 0.1) is 27.2 Å². The zero-order valence-corrected chi connectivity index (χ0v) is 14.9. The Labute approximate surface area is 152 Å². The average Bonchev–Trinajstić information content (AvgIpc) is 3.12. The lowest BCUT2D eigenvalue weighted by Crippen LogP contribution is -2.50. The average molecular weight is 349 g/mol. The van der Waals surface area contributed by atoms with Gasteiger partial charge >= 0.3 is 5.97 Å². The van der Waals surface area contributed by atoms with Crippen LogP contribution in [0.25, 0.3) is 0 Å². The molecule has 140 valence electrons. The molecule has 1 heterocycles. The van der Waals surface area contributed by atoms with Gasteiger partial charge in [-0.25, -0.2) is 4.79 Å². The molecule has 1 saturated carbocycles. The monoisotopic (exact) mass is 348 g/mol. The number of likely N-dealkylation sites (tertiary alicyclic amines) is 1. The van der Waals surface area contributed by atoms with E-state index in [4.69, 9.17) is 4.74 Å². The Morgan fingerprint density at radius 2 is 1.64 bits per heavy atom. The van der Waals surface area contributed by atoms with Crippen molar-refractivity contribution in [2.75, 3.05) is 27.2 Å². The van der Waals surface area contributed by atoms with E-state index in [-0.39, 0.29) is 19.4 Å². The molecule has 0 aromatic heterocycles.